The van der Waals surface area contributed by atoms with Crippen LogP contribution < -0.4 is 21.0 Å². The Balaban J connectivity index is 1.61. The molecule has 7 heteroatoms. The van der Waals surface area contributed by atoms with Crippen LogP contribution in [0.25, 0.3) is 0 Å². The first-order chi connectivity index (χ1) is 11.7. The number of nitrogens with one attached hydrogen (secondary N) is 3. The minimum absolute atomic E-state index is 0.270. The highest BCUT2D eigenvalue weighted by Gasteiger charge is 2.29. The van der Waals surface area contributed by atoms with Gasteiger partial charge in [-0.05, 0) is 29.8 Å². The third-order valence-electron chi connectivity index (χ3n) is 3.43. The lowest BCUT2D eigenvalue weighted by atomic mass is 10.2. The summed E-state index contributed by atoms with van der Waals surface area (Å²) >= 11 is 6.02. The van der Waals surface area contributed by atoms with Gasteiger partial charge in [0.1, 0.15) is 16.9 Å². The number of carbonyl (C=O) groups is 1. The van der Waals surface area contributed by atoms with Crippen molar-refractivity contribution in [1.29, 1.82) is 0 Å². The number of benzene rings is 2. The number of hydrazine groups is 1. The molecule has 1 fully saturated rings. The first-order valence-corrected chi connectivity index (χ1v) is 7.94. The molecule has 0 spiro atoms. The van der Waals surface area contributed by atoms with Crippen molar-refractivity contribution in [2.75, 3.05) is 6.54 Å². The molecule has 3 rings (SSSR count). The number of amides is 1. The zero-order valence-electron chi connectivity index (χ0n) is 12.8. The normalized spacial score (nSPS) is 20.6. The fraction of sp³-hybridized carbons (Fsp3) is 0.176. The van der Waals surface area contributed by atoms with E-state index < -0.39 is 5.38 Å². The Morgan fingerprint density at radius 1 is 1.17 bits per heavy atom. The molecule has 0 radical (unpaired) electrons. The lowest BCUT2D eigenvalue weighted by Gasteiger charge is -2.26. The summed E-state index contributed by atoms with van der Waals surface area (Å²) in [5, 5.41) is 3.49. The second kappa shape index (κ2) is 7.81. The number of hydrogen-bond acceptors (Lipinski definition) is 5. The standard InChI is InChI=1S/C17H17ClN4O2/c18-16-15(11-20-22-17(16)23)21-19-10-12-5-4-8-14(9-12)24-13-6-2-1-3-7-13/h1-10,15-16,20-21H,11H2,(H,22,23)/b19-10-. The van der Waals surface area contributed by atoms with E-state index in [1.807, 2.05) is 54.6 Å². The Morgan fingerprint density at radius 2 is 1.96 bits per heavy atom. The molecule has 3 N–H and O–H groups in total. The summed E-state index contributed by atoms with van der Waals surface area (Å²) in [5.74, 6) is 1.22. The Bertz CT molecular complexity index is 724. The van der Waals surface area contributed by atoms with Gasteiger partial charge in [-0.3, -0.25) is 10.2 Å². The first-order valence-electron chi connectivity index (χ1n) is 7.51. The third-order valence-corrected chi connectivity index (χ3v) is 3.93. The van der Waals surface area contributed by atoms with Gasteiger partial charge in [0.2, 0.25) is 0 Å². The molecular formula is C17H17ClN4O2. The van der Waals surface area contributed by atoms with Crippen molar-refractivity contribution in [3.8, 4) is 11.5 Å². The van der Waals surface area contributed by atoms with E-state index in [4.69, 9.17) is 16.3 Å². The maximum absolute atomic E-state index is 11.4. The van der Waals surface area contributed by atoms with E-state index in [9.17, 15) is 4.79 Å². The number of carbonyl (C=O) groups excluding carboxylic acids is 1. The molecule has 24 heavy (non-hydrogen) atoms. The number of ether oxygens (including phenoxy) is 1. The molecule has 1 amide bonds. The van der Waals surface area contributed by atoms with Crippen LogP contribution in [0, 0.1) is 0 Å². The predicted octanol–water partition coefficient (Wildman–Crippen LogP) is 2.01. The number of hydrazone groups is 1. The van der Waals surface area contributed by atoms with Crippen molar-refractivity contribution >= 4 is 23.7 Å². The van der Waals surface area contributed by atoms with E-state index in [2.05, 4.69) is 21.4 Å². The number of rotatable bonds is 5. The maximum Gasteiger partial charge on any atom is 0.254 e. The predicted molar refractivity (Wildman–Crippen MR) is 93.3 cm³/mol. The Hall–Kier alpha value is -2.57. The smallest absolute Gasteiger partial charge is 0.254 e. The molecule has 1 aliphatic heterocycles. The molecule has 2 unspecified atom stereocenters. The summed E-state index contributed by atoms with van der Waals surface area (Å²) in [6, 6.07) is 16.8. The SMILES string of the molecule is O=C1NNCC(N/N=C\c2cccc(Oc3ccccc3)c2)C1Cl. The van der Waals surface area contributed by atoms with Crippen molar-refractivity contribution in [2.45, 2.75) is 11.4 Å². The number of alkyl halides is 1. The summed E-state index contributed by atoms with van der Waals surface area (Å²) in [5.41, 5.74) is 8.99. The van der Waals surface area contributed by atoms with E-state index in [0.717, 1.165) is 17.1 Å². The fourth-order valence-corrected chi connectivity index (χ4v) is 2.40. The minimum Gasteiger partial charge on any atom is -0.457 e. The lowest BCUT2D eigenvalue weighted by molar-refractivity contribution is -0.123. The summed E-state index contributed by atoms with van der Waals surface area (Å²) in [6.45, 7) is 0.494. The molecule has 1 saturated heterocycles. The van der Waals surface area contributed by atoms with Crippen LogP contribution in [-0.4, -0.2) is 30.1 Å². The zero-order valence-corrected chi connectivity index (χ0v) is 13.5. The molecule has 2 aromatic rings. The van der Waals surface area contributed by atoms with Crippen LogP contribution in [0.3, 0.4) is 0 Å². The van der Waals surface area contributed by atoms with Crippen molar-refractivity contribution in [3.63, 3.8) is 0 Å². The Morgan fingerprint density at radius 3 is 2.79 bits per heavy atom. The monoisotopic (exact) mass is 344 g/mol. The van der Waals surface area contributed by atoms with Gasteiger partial charge in [0.25, 0.3) is 5.91 Å². The summed E-state index contributed by atoms with van der Waals surface area (Å²) < 4.78 is 5.78. The average Bonchev–Trinajstić information content (AvgIpc) is 2.60. The van der Waals surface area contributed by atoms with Gasteiger partial charge < -0.3 is 10.2 Å². The van der Waals surface area contributed by atoms with Crippen molar-refractivity contribution in [1.82, 2.24) is 16.3 Å². The van der Waals surface area contributed by atoms with Crippen LogP contribution >= 0.6 is 11.6 Å². The quantitative estimate of drug-likeness (QED) is 0.440. The van der Waals surface area contributed by atoms with Crippen molar-refractivity contribution < 1.29 is 9.53 Å². The molecule has 0 bridgehead atoms. The summed E-state index contributed by atoms with van der Waals surface area (Å²) in [6.07, 6.45) is 1.66. The van der Waals surface area contributed by atoms with Gasteiger partial charge in [0, 0.05) is 6.54 Å². The lowest BCUT2D eigenvalue weighted by Crippen LogP contribution is -2.59. The van der Waals surface area contributed by atoms with Gasteiger partial charge in [-0.25, -0.2) is 5.43 Å². The van der Waals surface area contributed by atoms with E-state index in [1.54, 1.807) is 6.21 Å². The molecule has 1 heterocycles. The van der Waals surface area contributed by atoms with E-state index >= 15 is 0 Å². The molecule has 0 saturated carbocycles. The van der Waals surface area contributed by atoms with Gasteiger partial charge >= 0.3 is 0 Å². The molecular weight excluding hydrogens is 328 g/mol. The van der Waals surface area contributed by atoms with Crippen molar-refractivity contribution in [3.05, 3.63) is 60.2 Å². The molecule has 6 nitrogen and oxygen atoms in total. The second-order valence-corrected chi connectivity index (χ2v) is 5.72. The van der Waals surface area contributed by atoms with Crippen LogP contribution in [0.4, 0.5) is 0 Å². The van der Waals surface area contributed by atoms with Crippen LogP contribution in [0.5, 0.6) is 11.5 Å². The van der Waals surface area contributed by atoms with Gasteiger partial charge in [0.15, 0.2) is 0 Å². The molecule has 2 aromatic carbocycles. The first kappa shape index (κ1) is 16.3. The summed E-state index contributed by atoms with van der Waals surface area (Å²) in [7, 11) is 0. The minimum atomic E-state index is -0.670. The number of halogens is 1. The molecule has 0 aromatic heterocycles. The van der Waals surface area contributed by atoms with Crippen LogP contribution in [-0.2, 0) is 4.79 Å². The fourth-order valence-electron chi connectivity index (χ4n) is 2.20. The number of hydrogen-bond donors (Lipinski definition) is 3. The Kier molecular flexibility index (Phi) is 5.30. The summed E-state index contributed by atoms with van der Waals surface area (Å²) in [4.78, 5) is 11.4. The van der Waals surface area contributed by atoms with E-state index in [-0.39, 0.29) is 11.9 Å². The largest absolute Gasteiger partial charge is 0.457 e. The number of nitrogens with zero attached hydrogens (tertiary/aromatic N) is 1. The van der Waals surface area contributed by atoms with E-state index in [1.165, 1.54) is 0 Å². The number of para-hydroxylation sites is 1. The van der Waals surface area contributed by atoms with E-state index in [0.29, 0.717) is 6.54 Å². The zero-order chi connectivity index (χ0) is 16.8. The molecule has 0 aliphatic carbocycles. The molecule has 2 atom stereocenters. The second-order valence-electron chi connectivity index (χ2n) is 5.25. The highest BCUT2D eigenvalue weighted by molar-refractivity contribution is 6.31. The van der Waals surface area contributed by atoms with Gasteiger partial charge in [-0.2, -0.15) is 5.10 Å². The Labute approximate surface area is 144 Å². The highest BCUT2D eigenvalue weighted by Crippen LogP contribution is 2.21. The average molecular weight is 345 g/mol. The topological polar surface area (TPSA) is 74.8 Å². The molecule has 124 valence electrons. The maximum atomic E-state index is 11.4. The molecule has 1 aliphatic rings. The highest BCUT2D eigenvalue weighted by atomic mass is 35.5. The van der Waals surface area contributed by atoms with Gasteiger partial charge in [-0.15, -0.1) is 11.6 Å². The van der Waals surface area contributed by atoms with Crippen molar-refractivity contribution in [2.24, 2.45) is 5.10 Å². The van der Waals surface area contributed by atoms with Crippen LogP contribution in [0.2, 0.25) is 0 Å². The van der Waals surface area contributed by atoms with Gasteiger partial charge in [-0.1, -0.05) is 30.3 Å². The van der Waals surface area contributed by atoms with Crippen LogP contribution in [0.1, 0.15) is 5.56 Å². The van der Waals surface area contributed by atoms with Gasteiger partial charge in [0.05, 0.1) is 12.3 Å². The van der Waals surface area contributed by atoms with Crippen LogP contribution in [0.15, 0.2) is 59.7 Å². The third kappa shape index (κ3) is 4.24.